The molecule has 0 radical (unpaired) electrons. The van der Waals surface area contributed by atoms with Crippen molar-refractivity contribution >= 4 is 6.16 Å². The molecule has 0 aliphatic heterocycles. The first-order valence-corrected chi connectivity index (χ1v) is 10.4. The summed E-state index contributed by atoms with van der Waals surface area (Å²) in [6, 6.07) is 17.3. The lowest BCUT2D eigenvalue weighted by atomic mass is 9.76. The second kappa shape index (κ2) is 8.38. The van der Waals surface area contributed by atoms with Crippen molar-refractivity contribution in [2.45, 2.75) is 70.8 Å². The number of carbonyl (C=O) groups excluding carboxylic acids is 1. The monoisotopic (exact) mass is 380 g/mol. The largest absolute Gasteiger partial charge is 0.508 e. The quantitative estimate of drug-likeness (QED) is 0.370. The molecular formula is C25H32O3. The number of rotatable bonds is 8. The number of hydrogen-bond acceptors (Lipinski definition) is 3. The average Bonchev–Trinajstić information content (AvgIpc) is 2.93. The van der Waals surface area contributed by atoms with Gasteiger partial charge in [0.15, 0.2) is 0 Å². The van der Waals surface area contributed by atoms with Gasteiger partial charge in [-0.25, -0.2) is 4.79 Å². The maximum atomic E-state index is 12.1. The predicted octanol–water partition coefficient (Wildman–Crippen LogP) is 6.88. The van der Waals surface area contributed by atoms with Gasteiger partial charge in [-0.05, 0) is 61.8 Å². The molecule has 3 nitrogen and oxygen atoms in total. The zero-order valence-electron chi connectivity index (χ0n) is 17.6. The fraction of sp³-hybridized carbons (Fsp3) is 0.480. The minimum absolute atomic E-state index is 0.0547. The van der Waals surface area contributed by atoms with Gasteiger partial charge in [0.1, 0.15) is 5.60 Å². The van der Waals surface area contributed by atoms with Crippen molar-refractivity contribution in [2.24, 2.45) is 0 Å². The summed E-state index contributed by atoms with van der Waals surface area (Å²) in [5.74, 6) is 0. The summed E-state index contributed by atoms with van der Waals surface area (Å²) in [6.07, 6.45) is 4.14. The first-order valence-electron chi connectivity index (χ1n) is 10.4. The maximum Gasteiger partial charge on any atom is 0.508 e. The zero-order chi connectivity index (χ0) is 20.2. The standard InChI is InChI=1S/C25H32O3/c1-5-6-16-24(2,3)28-23(26)27-18-11-17-25(4)21-14-9-7-12-19(21)20-13-8-10-15-22(20)25/h7-10,12-15H,5-6,11,16-18H2,1-4H3. The number of benzene rings is 2. The molecule has 0 N–H and O–H groups in total. The molecule has 28 heavy (non-hydrogen) atoms. The Morgan fingerprint density at radius 1 is 0.964 bits per heavy atom. The van der Waals surface area contributed by atoms with Crippen LogP contribution >= 0.6 is 0 Å². The highest BCUT2D eigenvalue weighted by Gasteiger charge is 2.38. The Morgan fingerprint density at radius 3 is 2.11 bits per heavy atom. The Morgan fingerprint density at radius 2 is 1.54 bits per heavy atom. The lowest BCUT2D eigenvalue weighted by Gasteiger charge is -2.28. The van der Waals surface area contributed by atoms with Crippen molar-refractivity contribution in [1.82, 2.24) is 0 Å². The van der Waals surface area contributed by atoms with E-state index in [0.717, 1.165) is 32.1 Å². The first-order chi connectivity index (χ1) is 13.4. The highest BCUT2D eigenvalue weighted by molar-refractivity contribution is 5.80. The molecule has 0 atom stereocenters. The number of carbonyl (C=O) groups is 1. The van der Waals surface area contributed by atoms with Gasteiger partial charge in [0.25, 0.3) is 0 Å². The van der Waals surface area contributed by atoms with E-state index < -0.39 is 11.8 Å². The van der Waals surface area contributed by atoms with Crippen LogP contribution in [-0.4, -0.2) is 18.4 Å². The second-order valence-corrected chi connectivity index (χ2v) is 8.59. The van der Waals surface area contributed by atoms with Crippen molar-refractivity contribution in [3.8, 4) is 11.1 Å². The predicted molar refractivity (Wildman–Crippen MR) is 114 cm³/mol. The first kappa shape index (κ1) is 20.4. The van der Waals surface area contributed by atoms with Crippen LogP contribution < -0.4 is 0 Å². The summed E-state index contributed by atoms with van der Waals surface area (Å²) in [5, 5.41) is 0. The maximum absolute atomic E-state index is 12.1. The summed E-state index contributed by atoms with van der Waals surface area (Å²) in [6.45, 7) is 8.69. The molecule has 0 heterocycles. The fourth-order valence-electron chi connectivity index (χ4n) is 4.30. The summed E-state index contributed by atoms with van der Waals surface area (Å²) >= 11 is 0. The molecule has 0 fully saturated rings. The van der Waals surface area contributed by atoms with E-state index >= 15 is 0 Å². The third-order valence-corrected chi connectivity index (χ3v) is 5.87. The van der Waals surface area contributed by atoms with Crippen LogP contribution in [0.3, 0.4) is 0 Å². The molecule has 2 aromatic rings. The van der Waals surface area contributed by atoms with E-state index in [4.69, 9.17) is 9.47 Å². The van der Waals surface area contributed by atoms with Crippen LogP contribution in [-0.2, 0) is 14.9 Å². The normalized spacial score (nSPS) is 14.3. The molecule has 0 spiro atoms. The van der Waals surface area contributed by atoms with Crippen LogP contribution in [0, 0.1) is 0 Å². The van der Waals surface area contributed by atoms with E-state index in [-0.39, 0.29) is 5.41 Å². The topological polar surface area (TPSA) is 35.5 Å². The molecule has 0 saturated carbocycles. The molecule has 0 aromatic heterocycles. The Balaban J connectivity index is 1.59. The Hall–Kier alpha value is -2.29. The third kappa shape index (κ3) is 4.24. The summed E-state index contributed by atoms with van der Waals surface area (Å²) in [4.78, 5) is 12.1. The molecule has 150 valence electrons. The van der Waals surface area contributed by atoms with Gasteiger partial charge >= 0.3 is 6.16 Å². The summed E-state index contributed by atoms with van der Waals surface area (Å²) in [5.41, 5.74) is 4.83. The molecule has 0 amide bonds. The van der Waals surface area contributed by atoms with Crippen LogP contribution in [0.25, 0.3) is 11.1 Å². The van der Waals surface area contributed by atoms with Gasteiger partial charge in [0.2, 0.25) is 0 Å². The van der Waals surface area contributed by atoms with E-state index in [0.29, 0.717) is 6.61 Å². The van der Waals surface area contributed by atoms with Crippen molar-refractivity contribution in [3.05, 3.63) is 59.7 Å². The van der Waals surface area contributed by atoms with Crippen LogP contribution in [0.2, 0.25) is 0 Å². The molecule has 3 rings (SSSR count). The summed E-state index contributed by atoms with van der Waals surface area (Å²) < 4.78 is 10.9. The van der Waals surface area contributed by atoms with Crippen molar-refractivity contribution in [3.63, 3.8) is 0 Å². The zero-order valence-corrected chi connectivity index (χ0v) is 17.6. The molecule has 3 heteroatoms. The van der Waals surface area contributed by atoms with E-state index in [1.807, 2.05) is 13.8 Å². The van der Waals surface area contributed by atoms with Crippen LogP contribution in [0.1, 0.15) is 70.9 Å². The van der Waals surface area contributed by atoms with E-state index in [2.05, 4.69) is 62.4 Å². The van der Waals surface area contributed by atoms with Crippen LogP contribution in [0.15, 0.2) is 48.5 Å². The smallest absolute Gasteiger partial charge is 0.434 e. The lowest BCUT2D eigenvalue weighted by Crippen LogP contribution is -2.29. The van der Waals surface area contributed by atoms with Gasteiger partial charge in [0, 0.05) is 5.41 Å². The van der Waals surface area contributed by atoms with Gasteiger partial charge < -0.3 is 9.47 Å². The van der Waals surface area contributed by atoms with Gasteiger partial charge in [0.05, 0.1) is 6.61 Å². The number of ether oxygens (including phenoxy) is 2. The molecule has 0 unspecified atom stereocenters. The highest BCUT2D eigenvalue weighted by Crippen LogP contribution is 2.50. The van der Waals surface area contributed by atoms with Gasteiger partial charge in [-0.3, -0.25) is 0 Å². The Labute approximate surface area is 169 Å². The molecule has 0 bridgehead atoms. The van der Waals surface area contributed by atoms with Gasteiger partial charge in [-0.15, -0.1) is 0 Å². The van der Waals surface area contributed by atoms with Crippen LogP contribution in [0.4, 0.5) is 4.79 Å². The summed E-state index contributed by atoms with van der Waals surface area (Å²) in [7, 11) is 0. The van der Waals surface area contributed by atoms with E-state index in [1.165, 1.54) is 22.3 Å². The number of fused-ring (bicyclic) bond motifs is 3. The Kier molecular flexibility index (Phi) is 6.12. The molecule has 2 aromatic carbocycles. The minimum atomic E-state index is -0.557. The number of unbranched alkanes of at least 4 members (excludes halogenated alkanes) is 1. The second-order valence-electron chi connectivity index (χ2n) is 8.59. The molecule has 1 aliphatic rings. The number of hydrogen-bond donors (Lipinski definition) is 0. The van der Waals surface area contributed by atoms with Crippen molar-refractivity contribution < 1.29 is 14.3 Å². The Bertz CT molecular complexity index is 777. The fourth-order valence-corrected chi connectivity index (χ4v) is 4.30. The van der Waals surface area contributed by atoms with Crippen LogP contribution in [0.5, 0.6) is 0 Å². The van der Waals surface area contributed by atoms with Crippen molar-refractivity contribution in [1.29, 1.82) is 0 Å². The molecule has 0 saturated heterocycles. The van der Waals surface area contributed by atoms with Gasteiger partial charge in [-0.2, -0.15) is 0 Å². The molecule has 1 aliphatic carbocycles. The minimum Gasteiger partial charge on any atom is -0.434 e. The SMILES string of the molecule is CCCCC(C)(C)OC(=O)OCCCC1(C)c2ccccc2-c2ccccc21. The highest BCUT2D eigenvalue weighted by atomic mass is 16.7. The van der Waals surface area contributed by atoms with E-state index in [9.17, 15) is 4.79 Å². The third-order valence-electron chi connectivity index (χ3n) is 5.87. The van der Waals surface area contributed by atoms with Gasteiger partial charge in [-0.1, -0.05) is 68.8 Å². The van der Waals surface area contributed by atoms with E-state index in [1.54, 1.807) is 0 Å². The molecular weight excluding hydrogens is 348 g/mol. The average molecular weight is 381 g/mol. The lowest BCUT2D eigenvalue weighted by molar-refractivity contribution is -0.0219. The van der Waals surface area contributed by atoms with Crippen molar-refractivity contribution in [2.75, 3.05) is 6.61 Å².